The topological polar surface area (TPSA) is 66.5 Å². The van der Waals surface area contributed by atoms with Crippen LogP contribution in [-0.2, 0) is 4.79 Å². The minimum Gasteiger partial charge on any atom is -0.353 e. The molecule has 5 heteroatoms. The van der Waals surface area contributed by atoms with Gasteiger partial charge < -0.3 is 5.32 Å². The molecule has 1 fully saturated rings. The number of carbonyl (C=O) groups excluding carboxylic acids is 3. The molecule has 0 saturated heterocycles. The average Bonchev–Trinajstić information content (AvgIpc) is 2.80. The summed E-state index contributed by atoms with van der Waals surface area (Å²) in [6.07, 6.45) is 6.59. The van der Waals surface area contributed by atoms with Gasteiger partial charge in [0.25, 0.3) is 11.8 Å². The third-order valence-electron chi connectivity index (χ3n) is 4.88. The van der Waals surface area contributed by atoms with E-state index in [-0.39, 0.29) is 17.7 Å². The number of rotatable bonds is 5. The van der Waals surface area contributed by atoms with Crippen molar-refractivity contribution in [3.05, 3.63) is 34.9 Å². The molecule has 0 bridgehead atoms. The van der Waals surface area contributed by atoms with E-state index in [4.69, 9.17) is 0 Å². The van der Waals surface area contributed by atoms with Gasteiger partial charge in [-0.1, -0.05) is 30.9 Å². The maximum absolute atomic E-state index is 12.4. The molecule has 1 aromatic rings. The molecule has 1 aromatic carbocycles. The molecule has 1 saturated carbocycles. The number of imide groups is 1. The van der Waals surface area contributed by atoms with Gasteiger partial charge in [0.1, 0.15) is 0 Å². The smallest absolute Gasteiger partial charge is 0.261 e. The minimum absolute atomic E-state index is 0.0225. The Morgan fingerprint density at radius 1 is 1.12 bits per heavy atom. The van der Waals surface area contributed by atoms with Crippen LogP contribution in [0, 0.1) is 6.92 Å². The first kappa shape index (κ1) is 16.7. The van der Waals surface area contributed by atoms with E-state index < -0.39 is 0 Å². The van der Waals surface area contributed by atoms with E-state index >= 15 is 0 Å². The van der Waals surface area contributed by atoms with Crippen LogP contribution in [0.3, 0.4) is 0 Å². The zero-order valence-corrected chi connectivity index (χ0v) is 14.1. The Balaban J connectivity index is 1.49. The summed E-state index contributed by atoms with van der Waals surface area (Å²) in [6, 6.07) is 5.60. The molecule has 1 heterocycles. The second-order valence-electron chi connectivity index (χ2n) is 6.82. The molecular formula is C19H24N2O3. The molecule has 0 unspecified atom stereocenters. The Hall–Kier alpha value is -2.17. The quantitative estimate of drug-likeness (QED) is 0.845. The Kier molecular flexibility index (Phi) is 4.97. The molecule has 1 N–H and O–H groups in total. The van der Waals surface area contributed by atoms with Crippen molar-refractivity contribution in [1.29, 1.82) is 0 Å². The molecule has 3 rings (SSSR count). The average molecular weight is 328 g/mol. The third kappa shape index (κ3) is 3.50. The number of amides is 3. The molecule has 0 spiro atoms. The molecule has 24 heavy (non-hydrogen) atoms. The minimum atomic E-state index is -0.248. The highest BCUT2D eigenvalue weighted by atomic mass is 16.2. The van der Waals surface area contributed by atoms with Crippen LogP contribution in [-0.4, -0.2) is 35.2 Å². The van der Waals surface area contributed by atoms with Crippen LogP contribution in [0.4, 0.5) is 0 Å². The number of nitrogens with one attached hydrogen (secondary N) is 1. The monoisotopic (exact) mass is 328 g/mol. The predicted molar refractivity (Wildman–Crippen MR) is 90.8 cm³/mol. The highest BCUT2D eigenvalue weighted by molar-refractivity contribution is 6.21. The molecule has 0 aromatic heterocycles. The van der Waals surface area contributed by atoms with E-state index in [1.807, 2.05) is 13.0 Å². The predicted octanol–water partition coefficient (Wildman–Crippen LogP) is 2.82. The number of aryl methyl sites for hydroxylation is 1. The highest BCUT2D eigenvalue weighted by Gasteiger charge is 2.35. The van der Waals surface area contributed by atoms with Crippen molar-refractivity contribution in [3.63, 3.8) is 0 Å². The lowest BCUT2D eigenvalue weighted by atomic mass is 9.95. The van der Waals surface area contributed by atoms with E-state index in [0.29, 0.717) is 36.6 Å². The summed E-state index contributed by atoms with van der Waals surface area (Å²) in [5.74, 6) is -0.469. The summed E-state index contributed by atoms with van der Waals surface area (Å²) in [5.41, 5.74) is 1.91. The van der Waals surface area contributed by atoms with E-state index in [0.717, 1.165) is 18.4 Å². The van der Waals surface area contributed by atoms with Crippen molar-refractivity contribution in [2.45, 2.75) is 57.9 Å². The number of hydrogen-bond donors (Lipinski definition) is 1. The van der Waals surface area contributed by atoms with Crippen molar-refractivity contribution in [3.8, 4) is 0 Å². The summed E-state index contributed by atoms with van der Waals surface area (Å²) >= 11 is 0. The van der Waals surface area contributed by atoms with Gasteiger partial charge in [0, 0.05) is 19.0 Å². The van der Waals surface area contributed by atoms with Gasteiger partial charge in [-0.2, -0.15) is 0 Å². The number of nitrogens with zero attached hydrogens (tertiary/aromatic N) is 1. The van der Waals surface area contributed by atoms with Gasteiger partial charge in [0.05, 0.1) is 11.1 Å². The second-order valence-corrected chi connectivity index (χ2v) is 6.82. The van der Waals surface area contributed by atoms with Crippen LogP contribution in [0.15, 0.2) is 18.2 Å². The molecule has 3 amide bonds. The van der Waals surface area contributed by atoms with Crippen molar-refractivity contribution in [2.24, 2.45) is 0 Å². The summed E-state index contributed by atoms with van der Waals surface area (Å²) in [5, 5.41) is 3.06. The molecule has 0 atom stereocenters. The van der Waals surface area contributed by atoms with Crippen LogP contribution < -0.4 is 5.32 Å². The molecule has 1 aliphatic carbocycles. The summed E-state index contributed by atoms with van der Waals surface area (Å²) < 4.78 is 0. The SMILES string of the molecule is Cc1ccc2c(c1)C(=O)N(CCCC(=O)NC1CCCCC1)C2=O. The van der Waals surface area contributed by atoms with Crippen molar-refractivity contribution < 1.29 is 14.4 Å². The Bertz CT molecular complexity index is 663. The normalized spacial score (nSPS) is 18.0. The van der Waals surface area contributed by atoms with Gasteiger partial charge in [-0.05, 0) is 38.3 Å². The molecule has 0 radical (unpaired) electrons. The molecule has 2 aliphatic rings. The number of hydrogen-bond acceptors (Lipinski definition) is 3. The standard InChI is InChI=1S/C19H24N2O3/c1-13-9-10-15-16(12-13)19(24)21(18(15)23)11-5-8-17(22)20-14-6-3-2-4-7-14/h9-10,12,14H,2-8,11H2,1H3,(H,20,22). The van der Waals surface area contributed by atoms with E-state index in [1.165, 1.54) is 24.2 Å². The molecule has 1 aliphatic heterocycles. The first-order valence-corrected chi connectivity index (χ1v) is 8.82. The summed E-state index contributed by atoms with van der Waals surface area (Å²) in [4.78, 5) is 37.9. The van der Waals surface area contributed by atoms with E-state index in [9.17, 15) is 14.4 Å². The van der Waals surface area contributed by atoms with E-state index in [1.54, 1.807) is 12.1 Å². The van der Waals surface area contributed by atoms with E-state index in [2.05, 4.69) is 5.32 Å². The van der Waals surface area contributed by atoms with Crippen LogP contribution >= 0.6 is 0 Å². The van der Waals surface area contributed by atoms with Gasteiger partial charge in [0.2, 0.25) is 5.91 Å². The van der Waals surface area contributed by atoms with Crippen molar-refractivity contribution >= 4 is 17.7 Å². The van der Waals surface area contributed by atoms with Crippen LogP contribution in [0.5, 0.6) is 0 Å². The van der Waals surface area contributed by atoms with Crippen molar-refractivity contribution in [2.75, 3.05) is 6.54 Å². The molecule has 5 nitrogen and oxygen atoms in total. The highest BCUT2D eigenvalue weighted by Crippen LogP contribution is 2.24. The fourth-order valence-corrected chi connectivity index (χ4v) is 3.55. The van der Waals surface area contributed by atoms with Crippen LogP contribution in [0.25, 0.3) is 0 Å². The summed E-state index contributed by atoms with van der Waals surface area (Å²) in [6.45, 7) is 2.19. The summed E-state index contributed by atoms with van der Waals surface area (Å²) in [7, 11) is 0. The molecular weight excluding hydrogens is 304 g/mol. The third-order valence-corrected chi connectivity index (χ3v) is 4.88. The Labute approximate surface area is 142 Å². The van der Waals surface area contributed by atoms with Crippen LogP contribution in [0.1, 0.15) is 71.2 Å². The lowest BCUT2D eigenvalue weighted by molar-refractivity contribution is -0.122. The fourth-order valence-electron chi connectivity index (χ4n) is 3.55. The Morgan fingerprint density at radius 3 is 2.58 bits per heavy atom. The first-order valence-electron chi connectivity index (χ1n) is 8.82. The number of fused-ring (bicyclic) bond motifs is 1. The van der Waals surface area contributed by atoms with Crippen LogP contribution in [0.2, 0.25) is 0 Å². The fraction of sp³-hybridized carbons (Fsp3) is 0.526. The maximum Gasteiger partial charge on any atom is 0.261 e. The number of benzene rings is 1. The maximum atomic E-state index is 12.4. The van der Waals surface area contributed by atoms with Gasteiger partial charge in [-0.3, -0.25) is 19.3 Å². The lowest BCUT2D eigenvalue weighted by Gasteiger charge is -2.23. The zero-order chi connectivity index (χ0) is 17.1. The second kappa shape index (κ2) is 7.16. The van der Waals surface area contributed by atoms with Crippen molar-refractivity contribution in [1.82, 2.24) is 10.2 Å². The first-order chi connectivity index (χ1) is 11.6. The zero-order valence-electron chi connectivity index (χ0n) is 14.1. The molecule has 128 valence electrons. The Morgan fingerprint density at radius 2 is 1.83 bits per heavy atom. The lowest BCUT2D eigenvalue weighted by Crippen LogP contribution is -2.37. The van der Waals surface area contributed by atoms with Gasteiger partial charge >= 0.3 is 0 Å². The van der Waals surface area contributed by atoms with Gasteiger partial charge in [-0.25, -0.2) is 0 Å². The van der Waals surface area contributed by atoms with Gasteiger partial charge in [0.15, 0.2) is 0 Å². The largest absolute Gasteiger partial charge is 0.353 e. The van der Waals surface area contributed by atoms with Gasteiger partial charge in [-0.15, -0.1) is 0 Å². The number of carbonyl (C=O) groups is 3.